The maximum absolute atomic E-state index is 11.4. The summed E-state index contributed by atoms with van der Waals surface area (Å²) in [6.07, 6.45) is 2.98. The van der Waals surface area contributed by atoms with E-state index in [0.29, 0.717) is 17.9 Å². The van der Waals surface area contributed by atoms with Gasteiger partial charge in [0.25, 0.3) is 0 Å². The van der Waals surface area contributed by atoms with Gasteiger partial charge in [0, 0.05) is 19.0 Å². The van der Waals surface area contributed by atoms with Gasteiger partial charge in [0.15, 0.2) is 5.78 Å². The largest absolute Gasteiger partial charge is 0.298 e. The molecule has 1 aliphatic heterocycles. The minimum Gasteiger partial charge on any atom is -0.298 e. The van der Waals surface area contributed by atoms with Gasteiger partial charge in [0.2, 0.25) is 0 Å². The molecule has 2 nitrogen and oxygen atoms in total. The molecule has 0 bridgehead atoms. The van der Waals surface area contributed by atoms with E-state index in [1.165, 1.54) is 5.56 Å². The molecule has 1 heterocycles. The molecule has 1 saturated carbocycles. The molecule has 3 unspecified atom stereocenters. The Bertz CT molecular complexity index is 373. The molecule has 3 atom stereocenters. The van der Waals surface area contributed by atoms with Crippen molar-refractivity contribution < 1.29 is 4.79 Å². The van der Waals surface area contributed by atoms with Gasteiger partial charge in [-0.25, -0.2) is 0 Å². The van der Waals surface area contributed by atoms with Gasteiger partial charge in [-0.3, -0.25) is 9.69 Å². The van der Waals surface area contributed by atoms with E-state index in [0.717, 1.165) is 25.8 Å². The van der Waals surface area contributed by atoms with Gasteiger partial charge in [-0.2, -0.15) is 0 Å². The molecule has 15 heavy (non-hydrogen) atoms. The summed E-state index contributed by atoms with van der Waals surface area (Å²) in [4.78, 5) is 13.7. The molecule has 0 amide bonds. The zero-order valence-corrected chi connectivity index (χ0v) is 8.73. The van der Waals surface area contributed by atoms with Gasteiger partial charge in [-0.1, -0.05) is 30.3 Å². The molecule has 0 N–H and O–H groups in total. The molecule has 1 aromatic rings. The van der Waals surface area contributed by atoms with Crippen molar-refractivity contribution in [1.29, 1.82) is 0 Å². The van der Waals surface area contributed by atoms with E-state index in [1.54, 1.807) is 0 Å². The number of rotatable bonds is 3. The van der Waals surface area contributed by atoms with E-state index in [9.17, 15) is 4.79 Å². The average Bonchev–Trinajstić information content (AvgIpc) is 2.85. The predicted molar refractivity (Wildman–Crippen MR) is 58.7 cm³/mol. The lowest BCUT2D eigenvalue weighted by Crippen LogP contribution is -2.15. The summed E-state index contributed by atoms with van der Waals surface area (Å²) in [6, 6.07) is 11.4. The first kappa shape index (κ1) is 9.10. The lowest BCUT2D eigenvalue weighted by molar-refractivity contribution is -0.118. The zero-order chi connectivity index (χ0) is 10.3. The molecule has 78 valence electrons. The molecule has 3 rings (SSSR count). The van der Waals surface area contributed by atoms with Crippen molar-refractivity contribution in [2.24, 2.45) is 0 Å². The Kier molecular flexibility index (Phi) is 2.10. The van der Waals surface area contributed by atoms with Crippen LogP contribution in [-0.2, 0) is 11.2 Å². The van der Waals surface area contributed by atoms with Crippen LogP contribution in [0.25, 0.3) is 0 Å². The minimum atomic E-state index is 0.300. The highest BCUT2D eigenvalue weighted by molar-refractivity contribution is 5.90. The fraction of sp³-hybridized carbons (Fsp3) is 0.462. The van der Waals surface area contributed by atoms with Gasteiger partial charge < -0.3 is 0 Å². The molecule has 1 aromatic carbocycles. The van der Waals surface area contributed by atoms with Crippen LogP contribution in [0, 0.1) is 0 Å². The Hall–Kier alpha value is -1.15. The van der Waals surface area contributed by atoms with Crippen molar-refractivity contribution in [2.45, 2.75) is 31.3 Å². The smallest absolute Gasteiger partial charge is 0.151 e. The van der Waals surface area contributed by atoms with Crippen LogP contribution in [0.5, 0.6) is 0 Å². The van der Waals surface area contributed by atoms with Crippen molar-refractivity contribution in [2.75, 3.05) is 6.54 Å². The first-order chi connectivity index (χ1) is 7.36. The summed E-state index contributed by atoms with van der Waals surface area (Å²) >= 11 is 0. The molecule has 1 aliphatic carbocycles. The van der Waals surface area contributed by atoms with Crippen molar-refractivity contribution in [3.63, 3.8) is 0 Å². The van der Waals surface area contributed by atoms with Crippen molar-refractivity contribution in [3.05, 3.63) is 35.9 Å². The fourth-order valence-electron chi connectivity index (χ4n) is 2.70. The molecular weight excluding hydrogens is 186 g/mol. The quantitative estimate of drug-likeness (QED) is 0.693. The number of Topliss-reactive ketones (excluding diaryl/α,β-unsaturated/α-hetero) is 1. The number of likely N-dealkylation sites (tertiary alicyclic amines) is 1. The predicted octanol–water partition coefficient (Wildman–Crippen LogP) is 1.64. The van der Waals surface area contributed by atoms with E-state index in [1.807, 2.05) is 6.07 Å². The summed E-state index contributed by atoms with van der Waals surface area (Å²) in [7, 11) is 0. The number of carbonyl (C=O) groups is 1. The number of carbonyl (C=O) groups excluding carboxylic acids is 1. The first-order valence-electron chi connectivity index (χ1n) is 5.68. The first-order valence-corrected chi connectivity index (χ1v) is 5.68. The van der Waals surface area contributed by atoms with Crippen LogP contribution in [0.3, 0.4) is 0 Å². The highest BCUT2D eigenvalue weighted by atomic mass is 16.1. The summed E-state index contributed by atoms with van der Waals surface area (Å²) in [5.41, 5.74) is 1.37. The molecule has 1 saturated heterocycles. The third-order valence-electron chi connectivity index (χ3n) is 3.58. The number of piperidine rings is 1. The minimum absolute atomic E-state index is 0.300. The van der Waals surface area contributed by atoms with E-state index < -0.39 is 0 Å². The van der Waals surface area contributed by atoms with Crippen LogP contribution in [-0.4, -0.2) is 29.3 Å². The summed E-state index contributed by atoms with van der Waals surface area (Å²) in [6.45, 7) is 1.05. The monoisotopic (exact) mass is 201 g/mol. The van der Waals surface area contributed by atoms with Gasteiger partial charge in [-0.15, -0.1) is 0 Å². The van der Waals surface area contributed by atoms with Crippen LogP contribution in [0.1, 0.15) is 18.4 Å². The van der Waals surface area contributed by atoms with Crippen molar-refractivity contribution in [3.8, 4) is 0 Å². The zero-order valence-electron chi connectivity index (χ0n) is 8.73. The van der Waals surface area contributed by atoms with Gasteiger partial charge in [0.1, 0.15) is 0 Å². The highest BCUT2D eigenvalue weighted by Crippen LogP contribution is 2.39. The highest BCUT2D eigenvalue weighted by Gasteiger charge is 2.55. The molecule has 2 heteroatoms. The Morgan fingerprint density at radius 1 is 1.27 bits per heavy atom. The lowest BCUT2D eigenvalue weighted by atomic mass is 10.1. The standard InChI is InChI=1S/C13H15NO/c15-12-7-6-11-13(12)14(11)9-8-10-4-2-1-3-5-10/h1-5,11,13H,6-9H2. The van der Waals surface area contributed by atoms with Gasteiger partial charge in [-0.05, 0) is 18.4 Å². The van der Waals surface area contributed by atoms with E-state index in [4.69, 9.17) is 0 Å². The molecule has 0 spiro atoms. The lowest BCUT2D eigenvalue weighted by Gasteiger charge is -2.06. The van der Waals surface area contributed by atoms with Crippen molar-refractivity contribution in [1.82, 2.24) is 4.90 Å². The second-order valence-corrected chi connectivity index (χ2v) is 4.49. The molecular formula is C13H15NO. The van der Waals surface area contributed by atoms with Crippen LogP contribution < -0.4 is 0 Å². The van der Waals surface area contributed by atoms with Gasteiger partial charge >= 0.3 is 0 Å². The Labute approximate surface area is 89.9 Å². The molecule has 2 fully saturated rings. The average molecular weight is 201 g/mol. The van der Waals surface area contributed by atoms with Crippen molar-refractivity contribution >= 4 is 5.78 Å². The molecule has 0 aromatic heterocycles. The van der Waals surface area contributed by atoms with Crippen LogP contribution >= 0.6 is 0 Å². The fourth-order valence-corrected chi connectivity index (χ4v) is 2.70. The van der Waals surface area contributed by atoms with Crippen LogP contribution in [0.15, 0.2) is 30.3 Å². The van der Waals surface area contributed by atoms with Crippen LogP contribution in [0.2, 0.25) is 0 Å². The summed E-state index contributed by atoms with van der Waals surface area (Å²) < 4.78 is 0. The van der Waals surface area contributed by atoms with E-state index in [-0.39, 0.29) is 0 Å². The Balaban J connectivity index is 1.55. The third-order valence-corrected chi connectivity index (χ3v) is 3.58. The summed E-state index contributed by atoms with van der Waals surface area (Å²) in [5.74, 6) is 0.466. The Morgan fingerprint density at radius 2 is 2.07 bits per heavy atom. The molecule has 2 aliphatic rings. The van der Waals surface area contributed by atoms with E-state index in [2.05, 4.69) is 29.2 Å². The maximum Gasteiger partial charge on any atom is 0.151 e. The normalized spacial score (nSPS) is 32.8. The maximum atomic E-state index is 11.4. The summed E-state index contributed by atoms with van der Waals surface area (Å²) in [5, 5.41) is 0. The number of hydrogen-bond donors (Lipinski definition) is 0. The second kappa shape index (κ2) is 3.46. The SMILES string of the molecule is O=C1CCC2C1N2CCc1ccccc1. The van der Waals surface area contributed by atoms with Crippen LogP contribution in [0.4, 0.5) is 0 Å². The molecule has 0 radical (unpaired) electrons. The van der Waals surface area contributed by atoms with Gasteiger partial charge in [0.05, 0.1) is 6.04 Å². The third kappa shape index (κ3) is 1.59. The number of hydrogen-bond acceptors (Lipinski definition) is 2. The number of benzene rings is 1. The number of fused-ring (bicyclic) bond motifs is 1. The number of ketones is 1. The van der Waals surface area contributed by atoms with E-state index >= 15 is 0 Å². The Morgan fingerprint density at radius 3 is 2.73 bits per heavy atom. The topological polar surface area (TPSA) is 20.1 Å². The number of nitrogens with zero attached hydrogens (tertiary/aromatic N) is 1. The second-order valence-electron chi connectivity index (χ2n) is 4.49.